The molecular formula is C21H6F6. The van der Waals surface area contributed by atoms with Crippen molar-refractivity contribution < 1.29 is 26.3 Å². The lowest BCUT2D eigenvalue weighted by Gasteiger charge is -2.15. The van der Waals surface area contributed by atoms with Crippen LogP contribution in [0.25, 0.3) is 32.3 Å². The maximum atomic E-state index is 15.0. The molecule has 0 N–H and O–H groups in total. The van der Waals surface area contributed by atoms with Gasteiger partial charge in [-0.15, -0.1) is 0 Å². The van der Waals surface area contributed by atoms with E-state index in [4.69, 9.17) is 0 Å². The van der Waals surface area contributed by atoms with Crippen LogP contribution in [0, 0.1) is 0 Å². The average Bonchev–Trinajstić information content (AvgIpc) is 3.10. The molecule has 0 bridgehead atoms. The molecule has 6 heteroatoms. The van der Waals surface area contributed by atoms with Gasteiger partial charge >= 0.3 is 0 Å². The highest BCUT2D eigenvalue weighted by atomic mass is 19.3. The van der Waals surface area contributed by atoms with Gasteiger partial charge in [-0.1, -0.05) is 36.4 Å². The van der Waals surface area contributed by atoms with Crippen molar-refractivity contribution in [3.63, 3.8) is 0 Å². The molecule has 0 fully saturated rings. The largest absolute Gasteiger partial charge is 0.299 e. The van der Waals surface area contributed by atoms with Crippen LogP contribution >= 0.6 is 0 Å². The highest BCUT2D eigenvalue weighted by molar-refractivity contribution is 6.34. The van der Waals surface area contributed by atoms with Gasteiger partial charge in [-0.25, -0.2) is 0 Å². The Kier molecular flexibility index (Phi) is 1.86. The van der Waals surface area contributed by atoms with Crippen LogP contribution in [-0.4, -0.2) is 0 Å². The van der Waals surface area contributed by atoms with Crippen LogP contribution in [0.2, 0.25) is 0 Å². The van der Waals surface area contributed by atoms with E-state index in [2.05, 4.69) is 0 Å². The molecule has 0 atom stereocenters. The summed E-state index contributed by atoms with van der Waals surface area (Å²) in [6.45, 7) is 0. The van der Waals surface area contributed by atoms with Crippen LogP contribution in [0.1, 0.15) is 33.4 Å². The van der Waals surface area contributed by atoms with Crippen LogP contribution in [0.5, 0.6) is 0 Å². The van der Waals surface area contributed by atoms with Crippen molar-refractivity contribution in [2.24, 2.45) is 0 Å². The molecule has 0 amide bonds. The first-order valence-corrected chi connectivity index (χ1v) is 8.37. The van der Waals surface area contributed by atoms with E-state index in [1.165, 1.54) is 0 Å². The second-order valence-corrected chi connectivity index (χ2v) is 7.46. The van der Waals surface area contributed by atoms with Gasteiger partial charge < -0.3 is 0 Å². The van der Waals surface area contributed by atoms with Crippen LogP contribution < -0.4 is 0 Å². The summed E-state index contributed by atoms with van der Waals surface area (Å²) in [5.74, 6) is -10.2. The summed E-state index contributed by atoms with van der Waals surface area (Å²) < 4.78 is 90.3. The number of rotatable bonds is 0. The molecule has 4 aromatic rings. The van der Waals surface area contributed by atoms with Crippen LogP contribution in [0.4, 0.5) is 26.3 Å². The number of hydrogen-bond donors (Lipinski definition) is 0. The van der Waals surface area contributed by atoms with Gasteiger partial charge in [0, 0.05) is 65.7 Å². The Labute approximate surface area is 147 Å². The van der Waals surface area contributed by atoms with E-state index in [1.54, 1.807) is 0 Å². The predicted octanol–water partition coefficient (Wildman–Crippen LogP) is 6.51. The van der Waals surface area contributed by atoms with Crippen molar-refractivity contribution in [3.05, 3.63) is 69.8 Å². The molecule has 0 heterocycles. The zero-order chi connectivity index (χ0) is 18.7. The monoisotopic (exact) mass is 372 g/mol. The highest BCUT2D eigenvalue weighted by Crippen LogP contribution is 2.64. The van der Waals surface area contributed by atoms with Crippen LogP contribution in [0.3, 0.4) is 0 Å². The van der Waals surface area contributed by atoms with E-state index in [0.29, 0.717) is 0 Å². The molecule has 0 nitrogen and oxygen atoms in total. The lowest BCUT2D eigenvalue weighted by molar-refractivity contribution is 0.0455. The molecule has 0 aliphatic heterocycles. The van der Waals surface area contributed by atoms with Crippen molar-refractivity contribution in [3.8, 4) is 0 Å². The summed E-state index contributed by atoms with van der Waals surface area (Å²) in [7, 11) is 0. The van der Waals surface area contributed by atoms with Crippen molar-refractivity contribution in [2.75, 3.05) is 0 Å². The fourth-order valence-electron chi connectivity index (χ4n) is 5.37. The van der Waals surface area contributed by atoms with E-state index >= 15 is 26.3 Å². The molecule has 0 unspecified atom stereocenters. The topological polar surface area (TPSA) is 0 Å². The Hall–Kier alpha value is -2.76. The third kappa shape index (κ3) is 1.13. The standard InChI is InChI=1S/C21H6F6/c22-19(23)7-1-2-8-14-13(7)15-9(19)3-4-11-17(15)18-12(21(11,26)27)6-5-10(16(14)18)20(8,24)25/h1-6H. The molecule has 4 aromatic carbocycles. The van der Waals surface area contributed by atoms with Crippen molar-refractivity contribution >= 4 is 32.3 Å². The number of halogens is 6. The Morgan fingerprint density at radius 2 is 0.481 bits per heavy atom. The molecule has 3 aliphatic rings. The van der Waals surface area contributed by atoms with E-state index in [-0.39, 0.29) is 65.7 Å². The van der Waals surface area contributed by atoms with Gasteiger partial charge in [-0.05, 0) is 0 Å². The first-order valence-electron chi connectivity index (χ1n) is 8.37. The highest BCUT2D eigenvalue weighted by Gasteiger charge is 2.54. The van der Waals surface area contributed by atoms with E-state index < -0.39 is 17.8 Å². The van der Waals surface area contributed by atoms with Gasteiger partial charge in [0.15, 0.2) is 0 Å². The molecule has 27 heavy (non-hydrogen) atoms. The van der Waals surface area contributed by atoms with E-state index in [9.17, 15) is 0 Å². The fourth-order valence-corrected chi connectivity index (χ4v) is 5.37. The van der Waals surface area contributed by atoms with Gasteiger partial charge in [0.05, 0.1) is 0 Å². The zero-order valence-corrected chi connectivity index (χ0v) is 13.2. The lowest BCUT2D eigenvalue weighted by atomic mass is 9.95. The van der Waals surface area contributed by atoms with Gasteiger partial charge in [0.25, 0.3) is 17.8 Å². The summed E-state index contributed by atoms with van der Waals surface area (Å²) in [5, 5.41) is -0.0549. The Morgan fingerprint density at radius 1 is 0.333 bits per heavy atom. The normalized spacial score (nSPS) is 21.1. The van der Waals surface area contributed by atoms with E-state index in [0.717, 1.165) is 36.4 Å². The van der Waals surface area contributed by atoms with Crippen molar-refractivity contribution in [2.45, 2.75) is 17.8 Å². The van der Waals surface area contributed by atoms with Crippen LogP contribution in [-0.2, 0) is 17.8 Å². The zero-order valence-electron chi connectivity index (χ0n) is 13.2. The third-order valence-corrected chi connectivity index (χ3v) is 6.40. The van der Waals surface area contributed by atoms with Gasteiger partial charge in [-0.2, -0.15) is 26.3 Å². The molecule has 0 aromatic heterocycles. The maximum absolute atomic E-state index is 15.0. The molecule has 0 saturated heterocycles. The summed E-state index contributed by atoms with van der Waals surface area (Å²) >= 11 is 0. The quantitative estimate of drug-likeness (QED) is 0.244. The van der Waals surface area contributed by atoms with Crippen molar-refractivity contribution in [1.29, 1.82) is 0 Å². The second-order valence-electron chi connectivity index (χ2n) is 7.46. The van der Waals surface area contributed by atoms with Crippen molar-refractivity contribution in [1.82, 2.24) is 0 Å². The summed E-state index contributed by atoms with van der Waals surface area (Å²) in [6, 6.07) is 6.08. The molecule has 3 aliphatic carbocycles. The first kappa shape index (κ1) is 14.3. The Morgan fingerprint density at radius 3 is 0.630 bits per heavy atom. The Bertz CT molecular complexity index is 1140. The molecule has 0 radical (unpaired) electrons. The minimum absolute atomic E-state index is 0.00914. The molecule has 0 saturated carbocycles. The van der Waals surface area contributed by atoms with Gasteiger partial charge in [-0.3, -0.25) is 0 Å². The van der Waals surface area contributed by atoms with E-state index in [1.807, 2.05) is 0 Å². The number of alkyl halides is 6. The second kappa shape index (κ2) is 3.51. The SMILES string of the molecule is FC1(F)c2ccc3c4c2c2c1ccc1c2c2c(ccc(c42)C3(F)F)C1(F)F. The summed E-state index contributed by atoms with van der Waals surface area (Å²) in [4.78, 5) is 0. The molecule has 132 valence electrons. The summed E-state index contributed by atoms with van der Waals surface area (Å²) in [6.07, 6.45) is 0. The smallest absolute Gasteiger partial charge is 0.196 e. The minimum atomic E-state index is -3.41. The Balaban J connectivity index is 1.97. The maximum Gasteiger partial charge on any atom is 0.299 e. The predicted molar refractivity (Wildman–Crippen MR) is 87.9 cm³/mol. The first-order chi connectivity index (χ1) is 12.7. The number of benzene rings is 4. The fraction of sp³-hybridized carbons (Fsp3) is 0.143. The number of hydrogen-bond acceptors (Lipinski definition) is 0. The van der Waals surface area contributed by atoms with Gasteiger partial charge in [0.1, 0.15) is 0 Å². The summed E-state index contributed by atoms with van der Waals surface area (Å²) in [5.41, 5.74) is -2.34. The average molecular weight is 372 g/mol. The molecular weight excluding hydrogens is 366 g/mol. The lowest BCUT2D eigenvalue weighted by Crippen LogP contribution is -2.13. The molecule has 7 rings (SSSR count). The minimum Gasteiger partial charge on any atom is -0.196 e. The van der Waals surface area contributed by atoms with Gasteiger partial charge in [0.2, 0.25) is 0 Å². The molecule has 0 spiro atoms. The van der Waals surface area contributed by atoms with Crippen LogP contribution in [0.15, 0.2) is 36.4 Å². The third-order valence-electron chi connectivity index (χ3n) is 6.40.